The van der Waals surface area contributed by atoms with E-state index < -0.39 is 6.29 Å². The molecule has 5 heteroatoms. The van der Waals surface area contributed by atoms with Gasteiger partial charge in [0.1, 0.15) is 6.61 Å². The van der Waals surface area contributed by atoms with Gasteiger partial charge in [0.05, 0.1) is 6.26 Å². The van der Waals surface area contributed by atoms with Crippen LogP contribution in [0.1, 0.15) is 17.6 Å². The molecule has 2 rings (SSSR count). The number of benzene rings is 1. The SMILES string of the molecule is COC(OC)c1occc(=O)c1OCc1ccccc1. The van der Waals surface area contributed by atoms with Gasteiger partial charge in [0.25, 0.3) is 0 Å². The largest absolute Gasteiger partial charge is 0.481 e. The lowest BCUT2D eigenvalue weighted by molar-refractivity contribution is -0.120. The summed E-state index contributed by atoms with van der Waals surface area (Å²) >= 11 is 0. The Bertz CT molecular complexity index is 587. The van der Waals surface area contributed by atoms with Crippen LogP contribution in [0, 0.1) is 0 Å². The molecule has 1 aromatic heterocycles. The molecule has 0 spiro atoms. The van der Waals surface area contributed by atoms with Crippen LogP contribution in [0.25, 0.3) is 0 Å². The Labute approximate surface area is 116 Å². The minimum atomic E-state index is -0.783. The molecule has 1 heterocycles. The Morgan fingerprint density at radius 3 is 2.45 bits per heavy atom. The Hall–Kier alpha value is -2.11. The summed E-state index contributed by atoms with van der Waals surface area (Å²) in [4.78, 5) is 11.9. The van der Waals surface area contributed by atoms with Gasteiger partial charge >= 0.3 is 0 Å². The number of rotatable bonds is 6. The van der Waals surface area contributed by atoms with Crippen LogP contribution in [0.4, 0.5) is 0 Å². The Morgan fingerprint density at radius 2 is 1.80 bits per heavy atom. The summed E-state index contributed by atoms with van der Waals surface area (Å²) < 4.78 is 21.1. The van der Waals surface area contributed by atoms with Crippen LogP contribution < -0.4 is 10.2 Å². The average Bonchev–Trinajstić information content (AvgIpc) is 2.49. The molecule has 0 fully saturated rings. The summed E-state index contributed by atoms with van der Waals surface area (Å²) in [7, 11) is 2.92. The average molecular weight is 276 g/mol. The van der Waals surface area contributed by atoms with E-state index in [9.17, 15) is 4.79 Å². The minimum absolute atomic E-state index is 0.102. The number of hydrogen-bond acceptors (Lipinski definition) is 5. The molecule has 0 N–H and O–H groups in total. The zero-order valence-electron chi connectivity index (χ0n) is 11.4. The zero-order valence-corrected chi connectivity index (χ0v) is 11.4. The minimum Gasteiger partial charge on any atom is -0.481 e. The number of hydrogen-bond donors (Lipinski definition) is 0. The van der Waals surface area contributed by atoms with E-state index >= 15 is 0 Å². The maximum atomic E-state index is 11.9. The molecule has 0 saturated heterocycles. The molecular weight excluding hydrogens is 260 g/mol. The van der Waals surface area contributed by atoms with Crippen molar-refractivity contribution in [2.45, 2.75) is 12.9 Å². The van der Waals surface area contributed by atoms with E-state index in [1.165, 1.54) is 26.5 Å². The Morgan fingerprint density at radius 1 is 1.10 bits per heavy atom. The second-order valence-electron chi connectivity index (χ2n) is 4.06. The molecule has 0 bridgehead atoms. The fourth-order valence-corrected chi connectivity index (χ4v) is 1.76. The molecule has 0 saturated carbocycles. The van der Waals surface area contributed by atoms with Crippen molar-refractivity contribution < 1.29 is 18.6 Å². The fraction of sp³-hybridized carbons (Fsp3) is 0.267. The molecule has 20 heavy (non-hydrogen) atoms. The summed E-state index contributed by atoms with van der Waals surface area (Å²) in [6.45, 7) is 0.267. The molecule has 0 unspecified atom stereocenters. The third-order valence-corrected chi connectivity index (χ3v) is 2.73. The molecule has 5 nitrogen and oxygen atoms in total. The van der Waals surface area contributed by atoms with Crippen LogP contribution in [0.2, 0.25) is 0 Å². The smallest absolute Gasteiger partial charge is 0.227 e. The van der Waals surface area contributed by atoms with Gasteiger partial charge < -0.3 is 18.6 Å². The van der Waals surface area contributed by atoms with E-state index in [0.717, 1.165) is 5.56 Å². The van der Waals surface area contributed by atoms with Gasteiger partial charge in [0.2, 0.25) is 23.2 Å². The van der Waals surface area contributed by atoms with Crippen molar-refractivity contribution >= 4 is 0 Å². The molecule has 1 aromatic carbocycles. The van der Waals surface area contributed by atoms with E-state index in [-0.39, 0.29) is 23.5 Å². The number of ether oxygens (including phenoxy) is 3. The molecular formula is C15H16O5. The van der Waals surface area contributed by atoms with Crippen molar-refractivity contribution in [1.82, 2.24) is 0 Å². The molecule has 0 aliphatic heterocycles. The highest BCUT2D eigenvalue weighted by atomic mass is 16.7. The third kappa shape index (κ3) is 3.26. The van der Waals surface area contributed by atoms with E-state index in [2.05, 4.69) is 0 Å². The normalized spacial score (nSPS) is 10.8. The summed E-state index contributed by atoms with van der Waals surface area (Å²) in [5, 5.41) is 0. The predicted octanol–water partition coefficient (Wildman–Crippen LogP) is 2.51. The molecule has 0 aliphatic rings. The maximum Gasteiger partial charge on any atom is 0.227 e. The number of methoxy groups -OCH3 is 2. The van der Waals surface area contributed by atoms with Gasteiger partial charge in [0, 0.05) is 20.3 Å². The predicted molar refractivity (Wildman–Crippen MR) is 72.5 cm³/mol. The van der Waals surface area contributed by atoms with Gasteiger partial charge in [-0.1, -0.05) is 30.3 Å². The van der Waals surface area contributed by atoms with Gasteiger partial charge in [-0.3, -0.25) is 4.79 Å². The summed E-state index contributed by atoms with van der Waals surface area (Å²) in [5.41, 5.74) is 0.675. The molecule has 0 atom stereocenters. The van der Waals surface area contributed by atoms with Gasteiger partial charge in [-0.2, -0.15) is 0 Å². The first-order valence-corrected chi connectivity index (χ1v) is 6.10. The summed E-state index contributed by atoms with van der Waals surface area (Å²) in [5.74, 6) is 0.323. The molecule has 0 aliphatic carbocycles. The monoisotopic (exact) mass is 276 g/mol. The molecule has 106 valence electrons. The van der Waals surface area contributed by atoms with Crippen molar-refractivity contribution in [2.75, 3.05) is 14.2 Å². The topological polar surface area (TPSA) is 57.9 Å². The molecule has 0 radical (unpaired) electrons. The van der Waals surface area contributed by atoms with Crippen molar-refractivity contribution in [3.63, 3.8) is 0 Å². The second kappa shape index (κ2) is 6.88. The van der Waals surface area contributed by atoms with Gasteiger partial charge in [-0.15, -0.1) is 0 Å². The molecule has 2 aromatic rings. The quantitative estimate of drug-likeness (QED) is 0.759. The Kier molecular flexibility index (Phi) is 4.92. The highest BCUT2D eigenvalue weighted by Gasteiger charge is 2.21. The van der Waals surface area contributed by atoms with E-state index in [4.69, 9.17) is 18.6 Å². The first-order valence-electron chi connectivity index (χ1n) is 6.10. The van der Waals surface area contributed by atoms with Crippen LogP contribution >= 0.6 is 0 Å². The van der Waals surface area contributed by atoms with Gasteiger partial charge in [-0.25, -0.2) is 0 Å². The van der Waals surface area contributed by atoms with Crippen LogP contribution in [0.3, 0.4) is 0 Å². The van der Waals surface area contributed by atoms with Gasteiger partial charge in [0.15, 0.2) is 0 Å². The van der Waals surface area contributed by atoms with Crippen molar-refractivity contribution in [2.24, 2.45) is 0 Å². The summed E-state index contributed by atoms with van der Waals surface area (Å²) in [6, 6.07) is 10.8. The van der Waals surface area contributed by atoms with E-state index in [1.54, 1.807) is 0 Å². The van der Waals surface area contributed by atoms with E-state index in [1.807, 2.05) is 30.3 Å². The maximum absolute atomic E-state index is 11.9. The van der Waals surface area contributed by atoms with Crippen molar-refractivity contribution in [3.05, 3.63) is 64.2 Å². The lowest BCUT2D eigenvalue weighted by atomic mass is 10.2. The first kappa shape index (κ1) is 14.3. The second-order valence-corrected chi connectivity index (χ2v) is 4.06. The standard InChI is InChI=1S/C15H16O5/c1-17-15(18-2)14-13(12(16)8-9-19-14)20-10-11-6-4-3-5-7-11/h3-9,15H,10H2,1-2H3. The fourth-order valence-electron chi connectivity index (χ4n) is 1.76. The highest BCUT2D eigenvalue weighted by molar-refractivity contribution is 5.26. The highest BCUT2D eigenvalue weighted by Crippen LogP contribution is 2.25. The lowest BCUT2D eigenvalue weighted by Crippen LogP contribution is -2.14. The molecule has 0 amide bonds. The third-order valence-electron chi connectivity index (χ3n) is 2.73. The summed E-state index contributed by atoms with van der Waals surface area (Å²) in [6.07, 6.45) is 0.507. The van der Waals surface area contributed by atoms with Crippen LogP contribution in [-0.4, -0.2) is 14.2 Å². The van der Waals surface area contributed by atoms with Gasteiger partial charge in [-0.05, 0) is 5.56 Å². The lowest BCUT2D eigenvalue weighted by Gasteiger charge is -2.15. The first-order chi connectivity index (χ1) is 9.76. The van der Waals surface area contributed by atoms with Crippen LogP contribution in [0.15, 0.2) is 51.9 Å². The van der Waals surface area contributed by atoms with Crippen LogP contribution in [0.5, 0.6) is 5.75 Å². The Balaban J connectivity index is 2.24. The van der Waals surface area contributed by atoms with Crippen molar-refractivity contribution in [3.8, 4) is 5.75 Å². The van der Waals surface area contributed by atoms with Crippen LogP contribution in [-0.2, 0) is 16.1 Å². The zero-order chi connectivity index (χ0) is 14.4. The van der Waals surface area contributed by atoms with Crippen molar-refractivity contribution in [1.29, 1.82) is 0 Å². The van der Waals surface area contributed by atoms with E-state index in [0.29, 0.717) is 0 Å².